The summed E-state index contributed by atoms with van der Waals surface area (Å²) in [6.45, 7) is 1.52. The summed E-state index contributed by atoms with van der Waals surface area (Å²) < 4.78 is 30.8. The van der Waals surface area contributed by atoms with Crippen molar-refractivity contribution in [3.05, 3.63) is 54.1 Å². The topological polar surface area (TPSA) is 116 Å². The normalized spacial score (nSPS) is 10.9. The van der Waals surface area contributed by atoms with Crippen LogP contribution in [0, 0.1) is 0 Å². The molecular formula is C18H19N2O6S-. The first kappa shape index (κ1) is 20.2. The van der Waals surface area contributed by atoms with Crippen LogP contribution in [0.3, 0.4) is 0 Å². The van der Waals surface area contributed by atoms with E-state index in [-0.39, 0.29) is 16.9 Å². The molecule has 0 unspecified atom stereocenters. The lowest BCUT2D eigenvalue weighted by molar-refractivity contribution is -0.254. The molecule has 2 rings (SSSR count). The number of hydrogen-bond acceptors (Lipinski definition) is 6. The van der Waals surface area contributed by atoms with Gasteiger partial charge < -0.3 is 20.0 Å². The van der Waals surface area contributed by atoms with Gasteiger partial charge >= 0.3 is 0 Å². The molecule has 2 aromatic carbocycles. The number of benzene rings is 2. The van der Waals surface area contributed by atoms with Crippen LogP contribution >= 0.6 is 0 Å². The van der Waals surface area contributed by atoms with Crippen LogP contribution in [-0.2, 0) is 14.8 Å². The second-order valence-electron chi connectivity index (χ2n) is 5.55. The van der Waals surface area contributed by atoms with Gasteiger partial charge in [-0.2, -0.15) is 0 Å². The monoisotopic (exact) mass is 391 g/mol. The Morgan fingerprint density at radius 1 is 1.11 bits per heavy atom. The van der Waals surface area contributed by atoms with Crippen LogP contribution in [0.15, 0.2) is 48.5 Å². The highest BCUT2D eigenvalue weighted by molar-refractivity contribution is 7.92. The standard InChI is InChI=1S/C18H20N2O6S/c1-3-26-16-11-7-6-10-15(16)20(27(2,24)25)12-17(21)19-14-9-5-4-8-13(14)18(22)23/h4-11H,3,12H2,1-2H3,(H,19,21)(H,22,23)/p-1. The number of aromatic carboxylic acids is 1. The van der Waals surface area contributed by atoms with Crippen LogP contribution in [0.2, 0.25) is 0 Å². The average Bonchev–Trinajstić information content (AvgIpc) is 2.60. The molecule has 0 aliphatic rings. The van der Waals surface area contributed by atoms with Gasteiger partial charge in [-0.25, -0.2) is 8.42 Å². The number of carbonyl (C=O) groups is 2. The van der Waals surface area contributed by atoms with Crippen LogP contribution < -0.4 is 19.5 Å². The van der Waals surface area contributed by atoms with E-state index in [1.165, 1.54) is 24.3 Å². The number of anilines is 2. The zero-order valence-corrected chi connectivity index (χ0v) is 15.7. The summed E-state index contributed by atoms with van der Waals surface area (Å²) in [6.07, 6.45) is 0.970. The van der Waals surface area contributed by atoms with Crippen molar-refractivity contribution in [3.8, 4) is 5.75 Å². The molecular weight excluding hydrogens is 372 g/mol. The number of amides is 1. The van der Waals surface area contributed by atoms with Gasteiger partial charge in [0, 0.05) is 11.3 Å². The number of nitrogens with one attached hydrogen (secondary N) is 1. The predicted octanol–water partition coefficient (Wildman–Crippen LogP) is 0.853. The molecule has 0 atom stereocenters. The first-order chi connectivity index (χ1) is 12.7. The van der Waals surface area contributed by atoms with Crippen LogP contribution in [0.5, 0.6) is 5.75 Å². The van der Waals surface area contributed by atoms with E-state index in [1.54, 1.807) is 31.2 Å². The SMILES string of the molecule is CCOc1ccccc1N(CC(=O)Nc1ccccc1C(=O)[O-])S(C)(=O)=O. The predicted molar refractivity (Wildman–Crippen MR) is 99.2 cm³/mol. The van der Waals surface area contributed by atoms with E-state index in [0.29, 0.717) is 12.4 Å². The molecule has 0 aliphatic heterocycles. The van der Waals surface area contributed by atoms with E-state index in [1.807, 2.05) is 0 Å². The molecule has 0 saturated carbocycles. The van der Waals surface area contributed by atoms with Crippen LogP contribution in [0.1, 0.15) is 17.3 Å². The van der Waals surface area contributed by atoms with Gasteiger partial charge in [0.05, 0.1) is 24.5 Å². The second kappa shape index (κ2) is 8.54. The number of carboxylic acid groups (broad SMARTS) is 1. The van der Waals surface area contributed by atoms with Crippen LogP contribution in [0.25, 0.3) is 0 Å². The summed E-state index contributed by atoms with van der Waals surface area (Å²) >= 11 is 0. The first-order valence-corrected chi connectivity index (χ1v) is 9.88. The summed E-state index contributed by atoms with van der Waals surface area (Å²) in [4.78, 5) is 23.6. The van der Waals surface area contributed by atoms with Crippen LogP contribution in [0.4, 0.5) is 11.4 Å². The number of rotatable bonds is 8. The van der Waals surface area contributed by atoms with E-state index < -0.39 is 28.4 Å². The van der Waals surface area contributed by atoms with E-state index in [4.69, 9.17) is 4.74 Å². The number of ether oxygens (including phenoxy) is 1. The van der Waals surface area contributed by atoms with Crippen molar-refractivity contribution in [3.63, 3.8) is 0 Å². The third-order valence-electron chi connectivity index (χ3n) is 3.54. The molecule has 0 saturated heterocycles. The Bertz CT molecular complexity index is 942. The summed E-state index contributed by atoms with van der Waals surface area (Å²) in [5.74, 6) is -1.85. The summed E-state index contributed by atoms with van der Waals surface area (Å²) in [7, 11) is -3.81. The second-order valence-corrected chi connectivity index (χ2v) is 7.46. The Labute approximate surface area is 157 Å². The van der Waals surface area contributed by atoms with Crippen molar-refractivity contribution in [2.75, 3.05) is 29.0 Å². The maximum Gasteiger partial charge on any atom is 0.245 e. The van der Waals surface area contributed by atoms with E-state index in [9.17, 15) is 23.1 Å². The van der Waals surface area contributed by atoms with Crippen molar-refractivity contribution in [1.29, 1.82) is 0 Å². The number of hydrogen-bond donors (Lipinski definition) is 1. The van der Waals surface area contributed by atoms with Crippen molar-refractivity contribution in [2.24, 2.45) is 0 Å². The zero-order chi connectivity index (χ0) is 20.0. The Morgan fingerprint density at radius 2 is 1.74 bits per heavy atom. The van der Waals surface area contributed by atoms with Gasteiger partial charge in [-0.3, -0.25) is 9.10 Å². The number of carboxylic acids is 1. The van der Waals surface area contributed by atoms with Gasteiger partial charge in [0.25, 0.3) is 0 Å². The fourth-order valence-corrected chi connectivity index (χ4v) is 3.27. The van der Waals surface area contributed by atoms with Gasteiger partial charge in [-0.15, -0.1) is 0 Å². The van der Waals surface area contributed by atoms with Crippen molar-refractivity contribution in [1.82, 2.24) is 0 Å². The van der Waals surface area contributed by atoms with Crippen molar-refractivity contribution < 1.29 is 27.9 Å². The Hall–Kier alpha value is -3.07. The first-order valence-electron chi connectivity index (χ1n) is 8.03. The average molecular weight is 391 g/mol. The smallest absolute Gasteiger partial charge is 0.245 e. The molecule has 0 aliphatic carbocycles. The molecule has 0 bridgehead atoms. The third kappa shape index (κ3) is 5.20. The third-order valence-corrected chi connectivity index (χ3v) is 4.67. The molecule has 9 heteroatoms. The molecule has 0 heterocycles. The molecule has 1 N–H and O–H groups in total. The number of carbonyl (C=O) groups excluding carboxylic acids is 2. The molecule has 0 radical (unpaired) electrons. The van der Waals surface area contributed by atoms with Gasteiger partial charge in [-0.1, -0.05) is 30.3 Å². The largest absolute Gasteiger partial charge is 0.545 e. The molecule has 144 valence electrons. The molecule has 0 spiro atoms. The highest BCUT2D eigenvalue weighted by Gasteiger charge is 2.24. The quantitative estimate of drug-likeness (QED) is 0.713. The lowest BCUT2D eigenvalue weighted by Gasteiger charge is -2.24. The maximum absolute atomic E-state index is 12.4. The van der Waals surface area contributed by atoms with Crippen LogP contribution in [-0.4, -0.2) is 39.7 Å². The van der Waals surface area contributed by atoms with Crippen molar-refractivity contribution in [2.45, 2.75) is 6.92 Å². The van der Waals surface area contributed by atoms with Crippen molar-refractivity contribution >= 4 is 33.3 Å². The Morgan fingerprint density at radius 3 is 2.37 bits per heavy atom. The van der Waals surface area contributed by atoms with Gasteiger partial charge in [-0.05, 0) is 25.1 Å². The summed E-state index contributed by atoms with van der Waals surface area (Å²) in [5.41, 5.74) is 0.0331. The zero-order valence-electron chi connectivity index (χ0n) is 14.8. The maximum atomic E-state index is 12.4. The molecule has 2 aromatic rings. The fraction of sp³-hybridized carbons (Fsp3) is 0.222. The minimum absolute atomic E-state index is 0.0223. The number of sulfonamides is 1. The van der Waals surface area contributed by atoms with E-state index >= 15 is 0 Å². The van der Waals surface area contributed by atoms with Gasteiger partial charge in [0.1, 0.15) is 12.3 Å². The minimum Gasteiger partial charge on any atom is -0.545 e. The number of nitrogens with zero attached hydrogens (tertiary/aromatic N) is 1. The molecule has 27 heavy (non-hydrogen) atoms. The van der Waals surface area contributed by atoms with E-state index in [0.717, 1.165) is 10.6 Å². The molecule has 0 fully saturated rings. The van der Waals surface area contributed by atoms with Gasteiger partial charge in [0.15, 0.2) is 0 Å². The Kier molecular flexibility index (Phi) is 6.40. The fourth-order valence-electron chi connectivity index (χ4n) is 2.41. The highest BCUT2D eigenvalue weighted by atomic mass is 32.2. The molecule has 8 nitrogen and oxygen atoms in total. The molecule has 0 aromatic heterocycles. The van der Waals surface area contributed by atoms with E-state index in [2.05, 4.69) is 5.32 Å². The minimum atomic E-state index is -3.81. The lowest BCUT2D eigenvalue weighted by atomic mass is 10.2. The number of para-hydroxylation sites is 3. The Balaban J connectivity index is 2.31. The van der Waals surface area contributed by atoms with Gasteiger partial charge in [0.2, 0.25) is 15.9 Å². The summed E-state index contributed by atoms with van der Waals surface area (Å²) in [5, 5.41) is 13.5. The lowest BCUT2D eigenvalue weighted by Crippen LogP contribution is -2.38. The highest BCUT2D eigenvalue weighted by Crippen LogP contribution is 2.29. The summed E-state index contributed by atoms with van der Waals surface area (Å²) in [6, 6.07) is 12.1. The molecule has 1 amide bonds.